The molecule has 1 aliphatic heterocycles. The molecule has 0 bridgehead atoms. The van der Waals surface area contributed by atoms with Crippen molar-refractivity contribution >= 4 is 17.2 Å². The molecule has 176 valence electrons. The Morgan fingerprint density at radius 2 is 1.74 bits per heavy atom. The minimum atomic E-state index is -0.677. The second-order valence-corrected chi connectivity index (χ2v) is 9.03. The maximum Gasteiger partial charge on any atom is 0.193 e. The first-order valence-corrected chi connectivity index (χ1v) is 11.2. The summed E-state index contributed by atoms with van der Waals surface area (Å²) in [6, 6.07) is 14.2. The van der Waals surface area contributed by atoms with Gasteiger partial charge in [0.2, 0.25) is 0 Å². The van der Waals surface area contributed by atoms with Crippen molar-refractivity contribution in [2.45, 2.75) is 38.6 Å². The Morgan fingerprint density at radius 1 is 1.00 bits per heavy atom. The van der Waals surface area contributed by atoms with E-state index >= 15 is 0 Å². The lowest BCUT2D eigenvalue weighted by molar-refractivity contribution is -0.141. The molecule has 0 spiro atoms. The Kier molecular flexibility index (Phi) is 5.83. The molecule has 1 N–H and O–H groups in total. The summed E-state index contributed by atoms with van der Waals surface area (Å²) in [5.74, 6) is -1.28. The second-order valence-electron chi connectivity index (χ2n) is 9.03. The molecule has 1 heterocycles. The highest BCUT2D eigenvalue weighted by atomic mass is 19.1. The summed E-state index contributed by atoms with van der Waals surface area (Å²) < 4.78 is 44.5. The summed E-state index contributed by atoms with van der Waals surface area (Å²) in [7, 11) is 0. The van der Waals surface area contributed by atoms with Gasteiger partial charge in [0.05, 0.1) is 12.3 Å². The molecule has 34 heavy (non-hydrogen) atoms. The number of carbonyl (C=O) groups excluding carboxylic acids is 1. The highest BCUT2D eigenvalue weighted by Crippen LogP contribution is 2.31. The predicted molar refractivity (Wildman–Crippen MR) is 124 cm³/mol. The van der Waals surface area contributed by atoms with E-state index in [1.54, 1.807) is 24.3 Å². The van der Waals surface area contributed by atoms with E-state index in [0.29, 0.717) is 48.6 Å². The predicted octanol–water partition coefficient (Wildman–Crippen LogP) is 5.57. The first kappa shape index (κ1) is 22.5. The highest BCUT2D eigenvalue weighted by molar-refractivity contribution is 6.11. The fourth-order valence-corrected chi connectivity index (χ4v) is 4.38. The molecule has 0 amide bonds. The van der Waals surface area contributed by atoms with Crippen LogP contribution in [0.3, 0.4) is 0 Å². The highest BCUT2D eigenvalue weighted by Gasteiger charge is 2.33. The van der Waals surface area contributed by atoms with Crippen molar-refractivity contribution in [3.63, 3.8) is 0 Å². The lowest BCUT2D eigenvalue weighted by Crippen LogP contribution is -2.25. The molecule has 5 rings (SSSR count). The molecule has 3 aromatic rings. The Bertz CT molecular complexity index is 1260. The molecule has 5 nitrogen and oxygen atoms in total. The molecular formula is C27H25F2NO4. The number of benzene rings is 3. The first-order chi connectivity index (χ1) is 16.3. The van der Waals surface area contributed by atoms with E-state index in [-0.39, 0.29) is 17.6 Å². The molecule has 1 fully saturated rings. The van der Waals surface area contributed by atoms with Crippen LogP contribution >= 0.6 is 0 Å². The van der Waals surface area contributed by atoms with E-state index in [1.807, 2.05) is 26.0 Å². The number of hydrogen-bond donors (Lipinski definition) is 1. The van der Waals surface area contributed by atoms with E-state index < -0.39 is 17.4 Å². The van der Waals surface area contributed by atoms with Gasteiger partial charge in [0.25, 0.3) is 0 Å². The largest absolute Gasteiger partial charge is 0.491 e. The number of rotatable bonds is 5. The summed E-state index contributed by atoms with van der Waals surface area (Å²) in [6.45, 7) is 4.58. The van der Waals surface area contributed by atoms with Crippen molar-refractivity contribution in [2.24, 2.45) is 0 Å². The molecule has 2 aliphatic rings. The molecule has 0 radical (unpaired) electrons. The average molecular weight is 465 g/mol. The molecular weight excluding hydrogens is 440 g/mol. The lowest BCUT2D eigenvalue weighted by Gasteiger charge is -2.17. The zero-order valence-electron chi connectivity index (χ0n) is 19.0. The van der Waals surface area contributed by atoms with Crippen LogP contribution in [0.5, 0.6) is 5.75 Å². The van der Waals surface area contributed by atoms with Gasteiger partial charge in [0.15, 0.2) is 11.6 Å². The third-order valence-corrected chi connectivity index (χ3v) is 6.05. The van der Waals surface area contributed by atoms with Crippen molar-refractivity contribution in [3.8, 4) is 5.75 Å². The maximum absolute atomic E-state index is 14.0. The van der Waals surface area contributed by atoms with Crippen molar-refractivity contribution in [2.75, 3.05) is 18.5 Å². The van der Waals surface area contributed by atoms with Gasteiger partial charge in [-0.05, 0) is 86.3 Å². The monoisotopic (exact) mass is 465 g/mol. The van der Waals surface area contributed by atoms with E-state index in [1.165, 1.54) is 12.1 Å². The number of anilines is 2. The van der Waals surface area contributed by atoms with Gasteiger partial charge >= 0.3 is 0 Å². The second kappa shape index (κ2) is 8.81. The van der Waals surface area contributed by atoms with Crippen LogP contribution < -0.4 is 10.1 Å². The Labute approximate surface area is 196 Å². The first-order valence-electron chi connectivity index (χ1n) is 11.2. The third-order valence-electron chi connectivity index (χ3n) is 6.05. The molecule has 1 aliphatic carbocycles. The fraction of sp³-hybridized carbons (Fsp3) is 0.296. The molecule has 3 aromatic carbocycles. The number of fused-ring (bicyclic) bond motifs is 2. The van der Waals surface area contributed by atoms with Crippen LogP contribution in [0.25, 0.3) is 0 Å². The van der Waals surface area contributed by atoms with Crippen molar-refractivity contribution < 1.29 is 27.8 Å². The van der Waals surface area contributed by atoms with Gasteiger partial charge in [-0.15, -0.1) is 0 Å². The maximum atomic E-state index is 14.0. The summed E-state index contributed by atoms with van der Waals surface area (Å²) in [4.78, 5) is 13.2. The van der Waals surface area contributed by atoms with Crippen molar-refractivity contribution in [1.82, 2.24) is 0 Å². The van der Waals surface area contributed by atoms with E-state index in [0.717, 1.165) is 17.2 Å². The smallest absolute Gasteiger partial charge is 0.193 e. The number of ether oxygens (including phenoxy) is 3. The molecule has 1 atom stereocenters. The Balaban J connectivity index is 1.32. The van der Waals surface area contributed by atoms with E-state index in [4.69, 9.17) is 14.2 Å². The normalized spacial score (nSPS) is 18.7. The lowest BCUT2D eigenvalue weighted by atomic mass is 9.98. The number of halogens is 2. The van der Waals surface area contributed by atoms with Crippen LogP contribution in [-0.4, -0.2) is 30.9 Å². The average Bonchev–Trinajstić information content (AvgIpc) is 3.09. The number of carbonyl (C=O) groups is 1. The number of ketones is 1. The van der Waals surface area contributed by atoms with E-state index in [9.17, 15) is 13.6 Å². The minimum Gasteiger partial charge on any atom is -0.491 e. The zero-order valence-corrected chi connectivity index (χ0v) is 19.0. The number of nitrogens with one attached hydrogen (secondary N) is 1. The fourth-order valence-electron chi connectivity index (χ4n) is 4.38. The summed E-state index contributed by atoms with van der Waals surface area (Å²) in [5.41, 5.74) is 3.87. The van der Waals surface area contributed by atoms with Crippen molar-refractivity contribution in [3.05, 3.63) is 88.5 Å². The van der Waals surface area contributed by atoms with Gasteiger partial charge in [-0.25, -0.2) is 8.78 Å². The quantitative estimate of drug-likeness (QED) is 0.534. The molecule has 0 unspecified atom stereocenters. The van der Waals surface area contributed by atoms with Gasteiger partial charge in [0.1, 0.15) is 30.1 Å². The topological polar surface area (TPSA) is 56.8 Å². The Hall–Kier alpha value is -3.29. The molecule has 0 saturated carbocycles. The van der Waals surface area contributed by atoms with Gasteiger partial charge in [-0.1, -0.05) is 0 Å². The van der Waals surface area contributed by atoms with Gasteiger partial charge in [-0.2, -0.15) is 0 Å². The van der Waals surface area contributed by atoms with Crippen LogP contribution in [0, 0.1) is 11.6 Å². The van der Waals surface area contributed by atoms with Crippen LogP contribution in [-0.2, 0) is 22.3 Å². The molecule has 0 aromatic heterocycles. The van der Waals surface area contributed by atoms with Crippen LogP contribution in [0.15, 0.2) is 54.6 Å². The molecule has 7 heteroatoms. The standard InChI is InChI=1S/C27H25F2NO4/c1-27(2)33-15-21(34-27)14-32-20-7-9-23-17(12-20)4-3-16-11-19(6-8-22(16)26(23)31)30-25-10-5-18(28)13-24(25)29/h5-13,21,30H,3-4,14-15H2,1-2H3/t21-/m1/s1. The van der Waals surface area contributed by atoms with Crippen LogP contribution in [0.2, 0.25) is 0 Å². The minimum absolute atomic E-state index is 0.0529. The summed E-state index contributed by atoms with van der Waals surface area (Å²) in [6.07, 6.45) is 1.17. The summed E-state index contributed by atoms with van der Waals surface area (Å²) >= 11 is 0. The van der Waals surface area contributed by atoms with Crippen LogP contribution in [0.1, 0.15) is 40.9 Å². The SMILES string of the molecule is CC1(C)OC[C@@H](COc2ccc3c(c2)CCc2cc(Nc4ccc(F)cc4F)ccc2C3=O)O1. The zero-order chi connectivity index (χ0) is 23.9. The van der Waals surface area contributed by atoms with Gasteiger partial charge in [0, 0.05) is 22.9 Å². The van der Waals surface area contributed by atoms with Gasteiger partial charge < -0.3 is 19.5 Å². The number of aryl methyl sites for hydroxylation is 2. The van der Waals surface area contributed by atoms with Crippen molar-refractivity contribution in [1.29, 1.82) is 0 Å². The Morgan fingerprint density at radius 3 is 2.44 bits per heavy atom. The number of hydrogen-bond acceptors (Lipinski definition) is 5. The molecule has 1 saturated heterocycles. The summed E-state index contributed by atoms with van der Waals surface area (Å²) in [5, 5.41) is 2.97. The van der Waals surface area contributed by atoms with Gasteiger partial charge in [-0.3, -0.25) is 4.79 Å². The third kappa shape index (κ3) is 4.67. The van der Waals surface area contributed by atoms with Crippen LogP contribution in [0.4, 0.5) is 20.2 Å². The van der Waals surface area contributed by atoms with E-state index in [2.05, 4.69) is 5.32 Å².